The van der Waals surface area contributed by atoms with Crippen molar-refractivity contribution >= 4 is 15.9 Å². The van der Waals surface area contributed by atoms with Crippen LogP contribution in [0.3, 0.4) is 0 Å². The Morgan fingerprint density at radius 2 is 2.17 bits per heavy atom. The second-order valence-corrected chi connectivity index (χ2v) is 7.91. The largest absolute Gasteiger partial charge is 0.337 e. The molecule has 0 radical (unpaired) electrons. The predicted octanol–water partition coefficient (Wildman–Crippen LogP) is -0.631. The Hall–Kier alpha value is -2.27. The molecule has 4 heterocycles. The number of sulfonamides is 1. The zero-order valence-corrected chi connectivity index (χ0v) is 13.7. The minimum Gasteiger partial charge on any atom is -0.337 e. The summed E-state index contributed by atoms with van der Waals surface area (Å²) >= 11 is 0. The molecular weight excluding hydrogens is 334 g/mol. The van der Waals surface area contributed by atoms with Crippen molar-refractivity contribution in [2.75, 3.05) is 19.6 Å². The fraction of sp³-hybridized carbons (Fsp3) is 0.538. The van der Waals surface area contributed by atoms with Gasteiger partial charge in [-0.25, -0.2) is 18.1 Å². The van der Waals surface area contributed by atoms with E-state index in [1.165, 1.54) is 16.8 Å². The smallest absolute Gasteiger partial charge is 0.260 e. The summed E-state index contributed by atoms with van der Waals surface area (Å²) in [5, 5.41) is 8.25. The lowest BCUT2D eigenvalue weighted by Crippen LogP contribution is -2.50. The number of nitrogens with one attached hydrogen (secondary N) is 1. The maximum absolute atomic E-state index is 12.3. The molecule has 11 heteroatoms. The zero-order chi connectivity index (χ0) is 16.7. The Morgan fingerprint density at radius 3 is 2.83 bits per heavy atom. The Balaban J connectivity index is 1.38. The minimum absolute atomic E-state index is 0.0433. The molecule has 2 aliphatic heterocycles. The first-order chi connectivity index (χ1) is 11.5. The molecule has 1 amide bonds. The van der Waals surface area contributed by atoms with E-state index in [1.54, 1.807) is 15.8 Å². The van der Waals surface area contributed by atoms with Crippen LogP contribution in [-0.4, -0.2) is 68.1 Å². The van der Waals surface area contributed by atoms with Gasteiger partial charge in [-0.2, -0.15) is 4.31 Å². The summed E-state index contributed by atoms with van der Waals surface area (Å²) in [7, 11) is -3.52. The standard InChI is InChI=1S/C13H17N7O3S/c21-13-2-1-3-18(13)5-10-6-20(17-16-10)11-7-19(8-11)24(22,23)12-4-14-9-15-12/h4,6,9,11H,1-3,5,7-8H2,(H,14,15). The first kappa shape index (κ1) is 15.3. The molecule has 0 unspecified atom stereocenters. The maximum Gasteiger partial charge on any atom is 0.260 e. The molecule has 0 saturated carbocycles. The molecule has 0 spiro atoms. The van der Waals surface area contributed by atoms with Crippen LogP contribution in [0, 0.1) is 0 Å². The van der Waals surface area contributed by atoms with Crippen LogP contribution < -0.4 is 0 Å². The fourth-order valence-corrected chi connectivity index (χ4v) is 4.35. The van der Waals surface area contributed by atoms with E-state index < -0.39 is 10.0 Å². The van der Waals surface area contributed by atoms with Gasteiger partial charge in [0, 0.05) is 26.1 Å². The summed E-state index contributed by atoms with van der Waals surface area (Å²) in [5.74, 6) is 0.144. The van der Waals surface area contributed by atoms with Crippen molar-refractivity contribution in [1.29, 1.82) is 0 Å². The van der Waals surface area contributed by atoms with E-state index in [4.69, 9.17) is 0 Å². The van der Waals surface area contributed by atoms with E-state index in [2.05, 4.69) is 20.3 Å². The van der Waals surface area contributed by atoms with Gasteiger partial charge in [0.1, 0.15) is 5.69 Å². The molecular formula is C13H17N7O3S. The van der Waals surface area contributed by atoms with E-state index in [9.17, 15) is 13.2 Å². The third-order valence-corrected chi connectivity index (χ3v) is 6.13. The third-order valence-electron chi connectivity index (χ3n) is 4.38. The van der Waals surface area contributed by atoms with Crippen LogP contribution in [0.1, 0.15) is 24.6 Å². The van der Waals surface area contributed by atoms with Gasteiger partial charge in [0.25, 0.3) is 10.0 Å². The topological polar surface area (TPSA) is 117 Å². The van der Waals surface area contributed by atoms with E-state index >= 15 is 0 Å². The number of hydrogen-bond acceptors (Lipinski definition) is 6. The van der Waals surface area contributed by atoms with E-state index in [0.717, 1.165) is 18.7 Å². The highest BCUT2D eigenvalue weighted by atomic mass is 32.2. The third kappa shape index (κ3) is 2.59. The van der Waals surface area contributed by atoms with Crippen LogP contribution in [0.25, 0.3) is 0 Å². The van der Waals surface area contributed by atoms with Gasteiger partial charge in [-0.3, -0.25) is 4.79 Å². The molecule has 0 aromatic carbocycles. The summed E-state index contributed by atoms with van der Waals surface area (Å²) in [5.41, 5.74) is 0.722. The lowest BCUT2D eigenvalue weighted by Gasteiger charge is -2.37. The first-order valence-electron chi connectivity index (χ1n) is 7.71. The summed E-state index contributed by atoms with van der Waals surface area (Å²) in [6, 6.07) is -0.0433. The molecule has 24 heavy (non-hydrogen) atoms. The number of aromatic amines is 1. The lowest BCUT2D eigenvalue weighted by molar-refractivity contribution is -0.128. The number of amides is 1. The van der Waals surface area contributed by atoms with Gasteiger partial charge >= 0.3 is 0 Å². The second-order valence-electron chi connectivity index (χ2n) is 6.00. The highest BCUT2D eigenvalue weighted by Gasteiger charge is 2.39. The number of rotatable bonds is 5. The molecule has 2 aromatic rings. The average Bonchev–Trinajstić information content (AvgIpc) is 3.21. The summed E-state index contributed by atoms with van der Waals surface area (Å²) in [6.45, 7) is 1.90. The molecule has 0 atom stereocenters. The predicted molar refractivity (Wildman–Crippen MR) is 81.1 cm³/mol. The number of H-pyrrole nitrogens is 1. The second kappa shape index (κ2) is 5.67. The van der Waals surface area contributed by atoms with Gasteiger partial charge in [-0.1, -0.05) is 5.21 Å². The van der Waals surface area contributed by atoms with E-state index in [1.807, 2.05) is 0 Å². The number of aromatic nitrogens is 5. The summed E-state index contributed by atoms with van der Waals surface area (Å²) in [4.78, 5) is 19.8. The Bertz CT molecular complexity index is 839. The molecule has 4 rings (SSSR count). The van der Waals surface area contributed by atoms with Gasteiger partial charge in [-0.05, 0) is 6.42 Å². The van der Waals surface area contributed by atoms with Crippen LogP contribution in [0.2, 0.25) is 0 Å². The average molecular weight is 351 g/mol. The van der Waals surface area contributed by atoms with Crippen LogP contribution in [0.5, 0.6) is 0 Å². The highest BCUT2D eigenvalue weighted by Crippen LogP contribution is 2.27. The maximum atomic E-state index is 12.3. The Kier molecular flexibility index (Phi) is 3.61. The Labute approximate surface area is 138 Å². The van der Waals surface area contributed by atoms with Crippen molar-refractivity contribution in [3.05, 3.63) is 24.4 Å². The monoisotopic (exact) mass is 351 g/mol. The molecule has 128 valence electrons. The summed E-state index contributed by atoms with van der Waals surface area (Å²) < 4.78 is 27.6. The molecule has 0 bridgehead atoms. The van der Waals surface area contributed by atoms with Crippen LogP contribution in [0.15, 0.2) is 23.7 Å². The van der Waals surface area contributed by atoms with Crippen molar-refractivity contribution < 1.29 is 13.2 Å². The van der Waals surface area contributed by atoms with Gasteiger partial charge in [0.05, 0.1) is 31.3 Å². The van der Waals surface area contributed by atoms with Crippen molar-refractivity contribution in [1.82, 2.24) is 34.2 Å². The van der Waals surface area contributed by atoms with Crippen molar-refractivity contribution in [3.63, 3.8) is 0 Å². The molecule has 1 N–H and O–H groups in total. The molecule has 10 nitrogen and oxygen atoms in total. The lowest BCUT2D eigenvalue weighted by atomic mass is 10.2. The number of likely N-dealkylation sites (tertiary alicyclic amines) is 1. The van der Waals surface area contributed by atoms with Crippen molar-refractivity contribution in [2.45, 2.75) is 30.5 Å². The Morgan fingerprint density at radius 1 is 1.33 bits per heavy atom. The van der Waals surface area contributed by atoms with Gasteiger partial charge in [0.15, 0.2) is 5.03 Å². The van der Waals surface area contributed by atoms with Gasteiger partial charge in [0.2, 0.25) is 5.91 Å². The van der Waals surface area contributed by atoms with Crippen LogP contribution in [0.4, 0.5) is 0 Å². The van der Waals surface area contributed by atoms with Crippen LogP contribution in [-0.2, 0) is 21.4 Å². The number of hydrogen-bond donors (Lipinski definition) is 1. The minimum atomic E-state index is -3.52. The number of nitrogens with zero attached hydrogens (tertiary/aromatic N) is 6. The number of carbonyl (C=O) groups is 1. The SMILES string of the molecule is O=C1CCCN1Cc1cn(C2CN(S(=O)(=O)c3cnc[nH]3)C2)nn1. The first-order valence-corrected chi connectivity index (χ1v) is 9.15. The number of imidazole rings is 1. The molecule has 2 aromatic heterocycles. The van der Waals surface area contributed by atoms with E-state index in [0.29, 0.717) is 26.1 Å². The fourth-order valence-electron chi connectivity index (χ4n) is 2.93. The van der Waals surface area contributed by atoms with Gasteiger partial charge < -0.3 is 9.88 Å². The molecule has 2 fully saturated rings. The number of carbonyl (C=O) groups excluding carboxylic acids is 1. The van der Waals surface area contributed by atoms with Crippen LogP contribution >= 0.6 is 0 Å². The highest BCUT2D eigenvalue weighted by molar-refractivity contribution is 7.89. The molecule has 2 saturated heterocycles. The van der Waals surface area contributed by atoms with Crippen molar-refractivity contribution in [2.24, 2.45) is 0 Å². The van der Waals surface area contributed by atoms with Gasteiger partial charge in [-0.15, -0.1) is 5.10 Å². The normalized spacial score (nSPS) is 19.8. The van der Waals surface area contributed by atoms with Crippen molar-refractivity contribution in [3.8, 4) is 0 Å². The molecule has 0 aliphatic carbocycles. The zero-order valence-electron chi connectivity index (χ0n) is 12.9. The molecule has 2 aliphatic rings. The quantitative estimate of drug-likeness (QED) is 0.766. The summed E-state index contributed by atoms with van der Waals surface area (Å²) in [6.07, 6.45) is 5.90. The van der Waals surface area contributed by atoms with E-state index in [-0.39, 0.29) is 17.0 Å².